The first-order chi connectivity index (χ1) is 12.9. The lowest BCUT2D eigenvalue weighted by molar-refractivity contribution is 0.722. The van der Waals surface area contributed by atoms with Gasteiger partial charge in [-0.3, -0.25) is 4.98 Å². The fourth-order valence-corrected chi connectivity index (χ4v) is 3.41. The van der Waals surface area contributed by atoms with Crippen molar-refractivity contribution in [2.24, 2.45) is 0 Å². The molecule has 4 aromatic rings. The number of hydrogen-bond donors (Lipinski definition) is 1. The molecule has 0 aliphatic heterocycles. The minimum Gasteiger partial charge on any atom is -0.360 e. The van der Waals surface area contributed by atoms with Gasteiger partial charge in [-0.1, -0.05) is 47.7 Å². The maximum Gasteiger partial charge on any atom is 0.206 e. The van der Waals surface area contributed by atoms with Crippen LogP contribution in [0.2, 0.25) is 0 Å². The van der Waals surface area contributed by atoms with Crippen LogP contribution < -0.4 is 5.32 Å². The van der Waals surface area contributed by atoms with Crippen LogP contribution in [0.3, 0.4) is 0 Å². The minimum absolute atomic E-state index is 0.753. The fourth-order valence-electron chi connectivity index (χ4n) is 2.66. The summed E-state index contributed by atoms with van der Waals surface area (Å²) < 4.78 is 2.18. The van der Waals surface area contributed by atoms with Crippen LogP contribution in [0, 0.1) is 0 Å². The maximum absolute atomic E-state index is 4.48. The lowest BCUT2D eigenvalue weighted by atomic mass is 10.2. The van der Waals surface area contributed by atoms with Crippen LogP contribution in [0.5, 0.6) is 0 Å². The summed E-state index contributed by atoms with van der Waals surface area (Å²) in [6, 6.07) is 16.2. The van der Waals surface area contributed by atoms with Crippen molar-refractivity contribution in [3.63, 3.8) is 0 Å². The lowest BCUT2D eigenvalue weighted by Gasteiger charge is -2.08. The van der Waals surface area contributed by atoms with Crippen molar-refractivity contribution in [1.29, 1.82) is 0 Å². The zero-order chi connectivity index (χ0) is 17.6. The molecule has 0 spiro atoms. The van der Waals surface area contributed by atoms with E-state index in [4.69, 9.17) is 0 Å². The van der Waals surface area contributed by atoms with Gasteiger partial charge in [-0.2, -0.15) is 0 Å². The summed E-state index contributed by atoms with van der Waals surface area (Å²) in [4.78, 5) is 8.78. The van der Waals surface area contributed by atoms with Crippen molar-refractivity contribution in [3.8, 4) is 10.7 Å². The molecule has 0 fully saturated rings. The molecule has 6 nitrogen and oxygen atoms in total. The molecule has 26 heavy (non-hydrogen) atoms. The van der Waals surface area contributed by atoms with Gasteiger partial charge in [0.05, 0.1) is 0 Å². The monoisotopic (exact) mass is 362 g/mol. The predicted octanol–water partition coefficient (Wildman–Crippen LogP) is 3.50. The second-order valence-electron chi connectivity index (χ2n) is 5.76. The third kappa shape index (κ3) is 3.94. The fraction of sp³-hybridized carbons (Fsp3) is 0.158. The molecule has 1 aromatic carbocycles. The highest BCUT2D eigenvalue weighted by Gasteiger charge is 2.08. The Morgan fingerprint density at radius 3 is 2.65 bits per heavy atom. The normalized spacial score (nSPS) is 10.8. The van der Waals surface area contributed by atoms with Crippen molar-refractivity contribution >= 4 is 16.5 Å². The van der Waals surface area contributed by atoms with Gasteiger partial charge < -0.3 is 9.88 Å². The van der Waals surface area contributed by atoms with Crippen LogP contribution in [0.25, 0.3) is 10.7 Å². The second kappa shape index (κ2) is 7.88. The number of pyridine rings is 1. The predicted molar refractivity (Wildman–Crippen MR) is 103 cm³/mol. The second-order valence-corrected chi connectivity index (χ2v) is 6.74. The quantitative estimate of drug-likeness (QED) is 0.545. The van der Waals surface area contributed by atoms with Crippen LogP contribution in [0.1, 0.15) is 11.4 Å². The van der Waals surface area contributed by atoms with Crippen LogP contribution in [-0.2, 0) is 13.0 Å². The van der Waals surface area contributed by atoms with Gasteiger partial charge in [0.25, 0.3) is 0 Å². The van der Waals surface area contributed by atoms with E-state index in [-0.39, 0.29) is 0 Å². The zero-order valence-electron chi connectivity index (χ0n) is 14.1. The highest BCUT2D eigenvalue weighted by molar-refractivity contribution is 7.18. The van der Waals surface area contributed by atoms with Gasteiger partial charge >= 0.3 is 0 Å². The molecule has 0 radical (unpaired) electrons. The van der Waals surface area contributed by atoms with E-state index >= 15 is 0 Å². The molecule has 0 saturated heterocycles. The number of rotatable bonds is 7. The number of nitrogens with one attached hydrogen (secondary N) is 1. The smallest absolute Gasteiger partial charge is 0.206 e. The molecule has 0 atom stereocenters. The first-order valence-electron chi connectivity index (χ1n) is 8.41. The van der Waals surface area contributed by atoms with Gasteiger partial charge in [0.15, 0.2) is 5.01 Å². The first kappa shape index (κ1) is 16.4. The minimum atomic E-state index is 0.753. The number of aromatic nitrogens is 5. The van der Waals surface area contributed by atoms with E-state index in [1.807, 2.05) is 36.7 Å². The Balaban J connectivity index is 1.34. The molecule has 4 rings (SSSR count). The molecule has 3 heterocycles. The number of imidazole rings is 1. The van der Waals surface area contributed by atoms with Crippen molar-refractivity contribution in [1.82, 2.24) is 24.7 Å². The van der Waals surface area contributed by atoms with Crippen LogP contribution in [0.4, 0.5) is 5.13 Å². The van der Waals surface area contributed by atoms with E-state index < -0.39 is 0 Å². The highest BCUT2D eigenvalue weighted by Crippen LogP contribution is 2.24. The first-order valence-corrected chi connectivity index (χ1v) is 9.23. The van der Waals surface area contributed by atoms with E-state index in [0.29, 0.717) is 0 Å². The highest BCUT2D eigenvalue weighted by atomic mass is 32.1. The van der Waals surface area contributed by atoms with E-state index in [9.17, 15) is 0 Å². The van der Waals surface area contributed by atoms with E-state index in [1.165, 1.54) is 16.9 Å². The standard InChI is InChI=1S/C19H18N6S/c1-2-6-15(7-3-1)14-25-13-12-21-17(25)9-11-22-19-24-23-18(26-19)16-8-4-5-10-20-16/h1-8,10,12-13H,9,11,14H2,(H,22,24). The van der Waals surface area contributed by atoms with Crippen LogP contribution >= 0.6 is 11.3 Å². The van der Waals surface area contributed by atoms with Crippen LogP contribution in [0.15, 0.2) is 67.1 Å². The summed E-state index contributed by atoms with van der Waals surface area (Å²) in [5.74, 6) is 1.05. The molecule has 7 heteroatoms. The van der Waals surface area contributed by atoms with E-state index in [1.54, 1.807) is 6.20 Å². The van der Waals surface area contributed by atoms with Crippen molar-refractivity contribution in [3.05, 3.63) is 78.5 Å². The number of nitrogens with zero attached hydrogens (tertiary/aromatic N) is 5. The third-order valence-corrected chi connectivity index (χ3v) is 4.83. The van der Waals surface area contributed by atoms with Crippen molar-refractivity contribution in [2.45, 2.75) is 13.0 Å². The number of anilines is 1. The summed E-state index contributed by atoms with van der Waals surface area (Å²) in [5.41, 5.74) is 2.11. The lowest BCUT2D eigenvalue weighted by Crippen LogP contribution is -2.10. The topological polar surface area (TPSA) is 68.5 Å². The number of hydrogen-bond acceptors (Lipinski definition) is 6. The number of benzene rings is 1. The molecular formula is C19H18N6S. The molecule has 130 valence electrons. The Bertz CT molecular complexity index is 948. The largest absolute Gasteiger partial charge is 0.360 e. The van der Waals surface area contributed by atoms with Gasteiger partial charge in [-0.25, -0.2) is 4.98 Å². The summed E-state index contributed by atoms with van der Waals surface area (Å²) in [6.45, 7) is 1.58. The van der Waals surface area contributed by atoms with Gasteiger partial charge in [0.2, 0.25) is 5.13 Å². The Labute approximate surface area is 155 Å². The molecule has 3 aromatic heterocycles. The van der Waals surface area contributed by atoms with Gasteiger partial charge in [0, 0.05) is 38.1 Å². The Morgan fingerprint density at radius 2 is 1.81 bits per heavy atom. The molecule has 0 amide bonds. The Kier molecular flexibility index (Phi) is 4.97. The average molecular weight is 362 g/mol. The van der Waals surface area contributed by atoms with Gasteiger partial charge in [-0.15, -0.1) is 10.2 Å². The van der Waals surface area contributed by atoms with Gasteiger partial charge in [-0.05, 0) is 17.7 Å². The van der Waals surface area contributed by atoms with E-state index in [2.05, 4.69) is 54.3 Å². The summed E-state index contributed by atoms with van der Waals surface area (Å²) in [6.07, 6.45) is 6.45. The maximum atomic E-state index is 4.48. The summed E-state index contributed by atoms with van der Waals surface area (Å²) in [7, 11) is 0. The molecular weight excluding hydrogens is 344 g/mol. The Morgan fingerprint density at radius 1 is 0.923 bits per heavy atom. The van der Waals surface area contributed by atoms with Gasteiger partial charge in [0.1, 0.15) is 11.5 Å². The zero-order valence-corrected chi connectivity index (χ0v) is 14.9. The van der Waals surface area contributed by atoms with Crippen molar-refractivity contribution in [2.75, 3.05) is 11.9 Å². The third-order valence-electron chi connectivity index (χ3n) is 3.93. The molecule has 0 saturated carbocycles. The van der Waals surface area contributed by atoms with Crippen molar-refractivity contribution < 1.29 is 0 Å². The molecule has 1 N–H and O–H groups in total. The average Bonchev–Trinajstić information content (AvgIpc) is 3.33. The van der Waals surface area contributed by atoms with E-state index in [0.717, 1.165) is 41.2 Å². The summed E-state index contributed by atoms with van der Waals surface area (Å²) >= 11 is 1.51. The van der Waals surface area contributed by atoms with Crippen LogP contribution in [-0.4, -0.2) is 31.3 Å². The summed E-state index contributed by atoms with van der Waals surface area (Å²) in [5, 5.41) is 13.3. The molecule has 0 aliphatic carbocycles. The SMILES string of the molecule is c1ccc(Cn2ccnc2CCNc2nnc(-c3ccccn3)s2)cc1. The Hall–Kier alpha value is -3.06. The molecule has 0 aliphatic rings. The molecule has 0 unspecified atom stereocenters. The molecule has 0 bridgehead atoms.